The summed E-state index contributed by atoms with van der Waals surface area (Å²) in [6.07, 6.45) is 10.8. The van der Waals surface area contributed by atoms with Crippen LogP contribution in [-0.2, 0) is 9.59 Å². The molecule has 4 unspecified atom stereocenters. The summed E-state index contributed by atoms with van der Waals surface area (Å²) in [5.41, 5.74) is -1.56. The van der Waals surface area contributed by atoms with Gasteiger partial charge in [-0.3, -0.25) is 9.59 Å². The molecule has 0 aromatic heterocycles. The number of hydrogen-bond acceptors (Lipinski definition) is 2. The van der Waals surface area contributed by atoms with Crippen molar-refractivity contribution in [3.05, 3.63) is 0 Å². The van der Waals surface area contributed by atoms with E-state index in [-0.39, 0.29) is 23.7 Å². The molecule has 4 heteroatoms. The van der Waals surface area contributed by atoms with E-state index in [1.54, 1.807) is 0 Å². The number of fused-ring (bicyclic) bond motifs is 1. The van der Waals surface area contributed by atoms with E-state index < -0.39 is 17.4 Å². The maximum atomic E-state index is 12.2. The highest BCUT2D eigenvalue weighted by Gasteiger charge is 2.61. The third kappa shape index (κ3) is 3.62. The van der Waals surface area contributed by atoms with Gasteiger partial charge in [-0.05, 0) is 36.5 Å². The molecule has 0 amide bonds. The minimum absolute atomic E-state index is 0.175. The average molecular weight is 338 g/mol. The lowest BCUT2D eigenvalue weighted by atomic mass is 9.50. The van der Waals surface area contributed by atoms with E-state index in [0.717, 1.165) is 64.2 Å². The lowest BCUT2D eigenvalue weighted by Crippen LogP contribution is -2.56. The molecule has 0 aromatic rings. The van der Waals surface area contributed by atoms with E-state index in [9.17, 15) is 19.8 Å². The standard InChI is InChI=1S/C20H34O4/c1-3-5-8-14-12-16-11-7-10-15(9-6-4-2)17(16)20(13-14,18(21)22)19(23)24/h14-17H,3-13H2,1-2H3,(H,21,22)(H,23,24). The molecule has 24 heavy (non-hydrogen) atoms. The lowest BCUT2D eigenvalue weighted by molar-refractivity contribution is -0.183. The van der Waals surface area contributed by atoms with E-state index in [2.05, 4.69) is 13.8 Å². The van der Waals surface area contributed by atoms with Crippen LogP contribution in [0.5, 0.6) is 0 Å². The van der Waals surface area contributed by atoms with Crippen molar-refractivity contribution in [2.75, 3.05) is 0 Å². The summed E-state index contributed by atoms with van der Waals surface area (Å²) in [6, 6.07) is 0. The van der Waals surface area contributed by atoms with Crippen LogP contribution in [0.15, 0.2) is 0 Å². The van der Waals surface area contributed by atoms with Crippen LogP contribution >= 0.6 is 0 Å². The number of carbonyl (C=O) groups is 2. The monoisotopic (exact) mass is 338 g/mol. The first-order valence-electron chi connectivity index (χ1n) is 9.94. The van der Waals surface area contributed by atoms with Crippen LogP contribution in [0.4, 0.5) is 0 Å². The zero-order valence-electron chi connectivity index (χ0n) is 15.3. The fraction of sp³-hybridized carbons (Fsp3) is 0.900. The number of aliphatic carboxylic acids is 2. The van der Waals surface area contributed by atoms with Crippen LogP contribution in [0, 0.1) is 29.1 Å². The molecule has 2 fully saturated rings. The molecule has 0 heterocycles. The third-order valence-corrected chi connectivity index (χ3v) is 6.64. The van der Waals surface area contributed by atoms with Gasteiger partial charge in [-0.15, -0.1) is 0 Å². The van der Waals surface area contributed by atoms with E-state index in [1.165, 1.54) is 0 Å². The van der Waals surface area contributed by atoms with Crippen molar-refractivity contribution >= 4 is 11.9 Å². The molecule has 4 nitrogen and oxygen atoms in total. The number of hydrogen-bond donors (Lipinski definition) is 2. The summed E-state index contributed by atoms with van der Waals surface area (Å²) in [6.45, 7) is 4.28. The normalized spacial score (nSPS) is 32.1. The zero-order valence-corrected chi connectivity index (χ0v) is 15.3. The largest absolute Gasteiger partial charge is 0.480 e. The molecule has 2 N–H and O–H groups in total. The fourth-order valence-electron chi connectivity index (χ4n) is 5.61. The molecular formula is C20H34O4. The van der Waals surface area contributed by atoms with Gasteiger partial charge >= 0.3 is 11.9 Å². The maximum absolute atomic E-state index is 12.2. The quantitative estimate of drug-likeness (QED) is 0.613. The molecule has 0 aliphatic heterocycles. The highest BCUT2D eigenvalue weighted by Crippen LogP contribution is 2.57. The molecule has 0 bridgehead atoms. The van der Waals surface area contributed by atoms with Crippen LogP contribution in [0.3, 0.4) is 0 Å². The summed E-state index contributed by atoms with van der Waals surface area (Å²) < 4.78 is 0. The van der Waals surface area contributed by atoms with Gasteiger partial charge in [-0.2, -0.15) is 0 Å². The van der Waals surface area contributed by atoms with Crippen molar-refractivity contribution in [3.8, 4) is 0 Å². The highest BCUT2D eigenvalue weighted by atomic mass is 16.4. The van der Waals surface area contributed by atoms with Crippen molar-refractivity contribution in [1.29, 1.82) is 0 Å². The predicted octanol–water partition coefficient (Wildman–Crippen LogP) is 4.96. The zero-order chi connectivity index (χ0) is 17.7. The maximum Gasteiger partial charge on any atom is 0.321 e. The SMILES string of the molecule is CCCCC1CC2CCCC(CCCC)C2C(C(=O)O)(C(=O)O)C1. The third-order valence-electron chi connectivity index (χ3n) is 6.64. The number of carboxylic acids is 2. The molecule has 2 aliphatic carbocycles. The van der Waals surface area contributed by atoms with Gasteiger partial charge in [-0.1, -0.05) is 71.6 Å². The lowest BCUT2D eigenvalue weighted by Gasteiger charge is -2.52. The molecule has 0 radical (unpaired) electrons. The van der Waals surface area contributed by atoms with Crippen molar-refractivity contribution in [1.82, 2.24) is 0 Å². The molecule has 138 valence electrons. The number of carboxylic acid groups (broad SMARTS) is 2. The Hall–Kier alpha value is -1.06. The van der Waals surface area contributed by atoms with Gasteiger partial charge in [0.25, 0.3) is 0 Å². The summed E-state index contributed by atoms with van der Waals surface area (Å²) in [5.74, 6) is -1.55. The van der Waals surface area contributed by atoms with E-state index in [1.807, 2.05) is 0 Å². The van der Waals surface area contributed by atoms with Crippen LogP contribution in [0.2, 0.25) is 0 Å². The van der Waals surface area contributed by atoms with Crippen LogP contribution < -0.4 is 0 Å². The van der Waals surface area contributed by atoms with Gasteiger partial charge in [0, 0.05) is 0 Å². The Balaban J connectivity index is 2.34. The number of unbranched alkanes of at least 4 members (excludes halogenated alkanes) is 2. The highest BCUT2D eigenvalue weighted by molar-refractivity contribution is 5.99. The summed E-state index contributed by atoms with van der Waals surface area (Å²) >= 11 is 0. The average Bonchev–Trinajstić information content (AvgIpc) is 2.56. The molecule has 2 rings (SSSR count). The molecule has 0 saturated heterocycles. The van der Waals surface area contributed by atoms with Crippen molar-refractivity contribution in [2.45, 2.75) is 84.5 Å². The van der Waals surface area contributed by atoms with Gasteiger partial charge in [0.2, 0.25) is 0 Å². The van der Waals surface area contributed by atoms with E-state index >= 15 is 0 Å². The van der Waals surface area contributed by atoms with Gasteiger partial charge in [-0.25, -0.2) is 0 Å². The van der Waals surface area contributed by atoms with Crippen molar-refractivity contribution in [2.24, 2.45) is 29.1 Å². The van der Waals surface area contributed by atoms with Gasteiger partial charge < -0.3 is 10.2 Å². The Morgan fingerprint density at radius 1 is 1.00 bits per heavy atom. The van der Waals surface area contributed by atoms with Gasteiger partial charge in [0.15, 0.2) is 5.41 Å². The van der Waals surface area contributed by atoms with Gasteiger partial charge in [0.05, 0.1) is 0 Å². The number of rotatable bonds is 8. The molecule has 0 spiro atoms. The second-order valence-corrected chi connectivity index (χ2v) is 8.15. The molecule has 0 aromatic carbocycles. The Bertz CT molecular complexity index is 431. The minimum Gasteiger partial charge on any atom is -0.480 e. The molecular weight excluding hydrogens is 304 g/mol. The Labute approximate surface area is 146 Å². The topological polar surface area (TPSA) is 74.6 Å². The Kier molecular flexibility index (Phi) is 6.70. The van der Waals surface area contributed by atoms with Crippen LogP contribution in [0.25, 0.3) is 0 Å². The van der Waals surface area contributed by atoms with E-state index in [4.69, 9.17) is 0 Å². The molecule has 2 saturated carbocycles. The van der Waals surface area contributed by atoms with E-state index in [0.29, 0.717) is 6.42 Å². The second kappa shape index (κ2) is 8.35. The molecule has 2 aliphatic rings. The van der Waals surface area contributed by atoms with Crippen LogP contribution in [-0.4, -0.2) is 22.2 Å². The Morgan fingerprint density at radius 2 is 1.62 bits per heavy atom. The van der Waals surface area contributed by atoms with Crippen molar-refractivity contribution < 1.29 is 19.8 Å². The fourth-order valence-corrected chi connectivity index (χ4v) is 5.61. The summed E-state index contributed by atoms with van der Waals surface area (Å²) in [5, 5.41) is 20.0. The smallest absolute Gasteiger partial charge is 0.321 e. The van der Waals surface area contributed by atoms with Crippen LogP contribution in [0.1, 0.15) is 84.5 Å². The first kappa shape index (κ1) is 19.3. The summed E-state index contributed by atoms with van der Waals surface area (Å²) in [4.78, 5) is 24.5. The Morgan fingerprint density at radius 3 is 2.21 bits per heavy atom. The van der Waals surface area contributed by atoms with Crippen molar-refractivity contribution in [3.63, 3.8) is 0 Å². The summed E-state index contributed by atoms with van der Waals surface area (Å²) in [7, 11) is 0. The first-order valence-corrected chi connectivity index (χ1v) is 9.94. The van der Waals surface area contributed by atoms with Gasteiger partial charge in [0.1, 0.15) is 0 Å². The first-order chi connectivity index (χ1) is 11.5. The second-order valence-electron chi connectivity index (χ2n) is 8.15. The molecule has 4 atom stereocenters. The minimum atomic E-state index is -1.56. The predicted molar refractivity (Wildman–Crippen MR) is 93.8 cm³/mol.